The highest BCUT2D eigenvalue weighted by Crippen LogP contribution is 2.43. The minimum atomic E-state index is -0.00728. The van der Waals surface area contributed by atoms with Crippen molar-refractivity contribution in [2.75, 3.05) is 6.54 Å². The summed E-state index contributed by atoms with van der Waals surface area (Å²) in [6.07, 6.45) is 9.52. The van der Waals surface area contributed by atoms with E-state index in [-0.39, 0.29) is 11.4 Å². The maximum absolute atomic E-state index is 12.1. The zero-order valence-electron chi connectivity index (χ0n) is 13.0. The number of halogens is 1. The van der Waals surface area contributed by atoms with Gasteiger partial charge in [0.15, 0.2) is 0 Å². The van der Waals surface area contributed by atoms with Crippen LogP contribution in [0.15, 0.2) is 24.3 Å². The third kappa shape index (κ3) is 3.57. The third-order valence-corrected chi connectivity index (χ3v) is 5.55. The van der Waals surface area contributed by atoms with Crippen LogP contribution in [0.1, 0.15) is 56.9 Å². The van der Waals surface area contributed by atoms with Gasteiger partial charge in [0.2, 0.25) is 0 Å². The van der Waals surface area contributed by atoms with E-state index in [0.29, 0.717) is 12.6 Å². The van der Waals surface area contributed by atoms with Gasteiger partial charge in [-0.15, -0.1) is 0 Å². The van der Waals surface area contributed by atoms with Crippen LogP contribution in [0.25, 0.3) is 0 Å². The van der Waals surface area contributed by atoms with Crippen molar-refractivity contribution in [3.05, 3.63) is 34.9 Å². The van der Waals surface area contributed by atoms with Crippen molar-refractivity contribution in [1.82, 2.24) is 10.6 Å². The highest BCUT2D eigenvalue weighted by Gasteiger charge is 2.38. The van der Waals surface area contributed by atoms with Crippen LogP contribution in [-0.2, 0) is 5.41 Å². The van der Waals surface area contributed by atoms with E-state index in [4.69, 9.17) is 11.6 Å². The highest BCUT2D eigenvalue weighted by atomic mass is 35.5. The lowest BCUT2D eigenvalue weighted by Crippen LogP contribution is -2.50. The molecule has 120 valence electrons. The van der Waals surface area contributed by atoms with Crippen LogP contribution < -0.4 is 10.6 Å². The second-order valence-electron chi connectivity index (χ2n) is 6.80. The minimum Gasteiger partial charge on any atom is -0.337 e. The third-order valence-electron chi connectivity index (χ3n) is 5.29. The number of benzene rings is 1. The van der Waals surface area contributed by atoms with Gasteiger partial charge in [-0.25, -0.2) is 4.79 Å². The number of rotatable bonds is 4. The van der Waals surface area contributed by atoms with Gasteiger partial charge in [-0.3, -0.25) is 0 Å². The summed E-state index contributed by atoms with van der Waals surface area (Å²) in [6.45, 7) is 0.715. The van der Waals surface area contributed by atoms with Crippen molar-refractivity contribution < 1.29 is 4.79 Å². The zero-order valence-corrected chi connectivity index (χ0v) is 13.8. The molecule has 0 radical (unpaired) electrons. The van der Waals surface area contributed by atoms with E-state index < -0.39 is 0 Å². The molecule has 2 aliphatic rings. The lowest BCUT2D eigenvalue weighted by atomic mass is 9.64. The Kier molecular flexibility index (Phi) is 4.92. The molecule has 3 rings (SSSR count). The van der Waals surface area contributed by atoms with E-state index in [0.717, 1.165) is 30.7 Å². The molecule has 0 spiro atoms. The SMILES string of the molecule is O=C(NCC1(c2ccc(Cl)cc2)CCC1)NC1CCCCC1. The van der Waals surface area contributed by atoms with Crippen molar-refractivity contribution in [3.63, 3.8) is 0 Å². The Bertz CT molecular complexity index is 504. The first-order chi connectivity index (χ1) is 10.7. The molecule has 0 bridgehead atoms. The molecule has 0 unspecified atom stereocenters. The lowest BCUT2D eigenvalue weighted by molar-refractivity contribution is 0.210. The predicted octanol–water partition coefficient (Wildman–Crippen LogP) is 4.39. The van der Waals surface area contributed by atoms with E-state index in [1.54, 1.807) is 0 Å². The molecule has 1 aromatic carbocycles. The second-order valence-corrected chi connectivity index (χ2v) is 7.24. The van der Waals surface area contributed by atoms with Gasteiger partial charge < -0.3 is 10.6 Å². The number of hydrogen-bond donors (Lipinski definition) is 2. The van der Waals surface area contributed by atoms with Crippen LogP contribution in [-0.4, -0.2) is 18.6 Å². The smallest absolute Gasteiger partial charge is 0.315 e. The van der Waals surface area contributed by atoms with E-state index in [1.165, 1.54) is 31.2 Å². The summed E-state index contributed by atoms with van der Waals surface area (Å²) < 4.78 is 0. The first-order valence-corrected chi connectivity index (χ1v) is 8.86. The summed E-state index contributed by atoms with van der Waals surface area (Å²) in [7, 11) is 0. The fourth-order valence-corrected chi connectivity index (χ4v) is 3.83. The molecule has 2 amide bonds. The van der Waals surface area contributed by atoms with Crippen LogP contribution in [0, 0.1) is 0 Å². The summed E-state index contributed by atoms with van der Waals surface area (Å²) >= 11 is 5.98. The van der Waals surface area contributed by atoms with Crippen molar-refractivity contribution in [2.24, 2.45) is 0 Å². The zero-order chi connectivity index (χ0) is 15.4. The summed E-state index contributed by atoms with van der Waals surface area (Å²) in [5.74, 6) is 0. The van der Waals surface area contributed by atoms with Crippen LogP contribution >= 0.6 is 11.6 Å². The molecule has 0 aliphatic heterocycles. The van der Waals surface area contributed by atoms with Crippen molar-refractivity contribution in [2.45, 2.75) is 62.8 Å². The van der Waals surface area contributed by atoms with Gasteiger partial charge in [0.1, 0.15) is 0 Å². The van der Waals surface area contributed by atoms with E-state index in [9.17, 15) is 4.79 Å². The molecule has 0 aromatic heterocycles. The van der Waals surface area contributed by atoms with Crippen molar-refractivity contribution >= 4 is 17.6 Å². The van der Waals surface area contributed by atoms with Crippen molar-refractivity contribution in [1.29, 1.82) is 0 Å². The van der Waals surface area contributed by atoms with Gasteiger partial charge in [-0.1, -0.05) is 49.4 Å². The molecular weight excluding hydrogens is 296 g/mol. The van der Waals surface area contributed by atoms with Crippen LogP contribution in [0.4, 0.5) is 4.79 Å². The van der Waals surface area contributed by atoms with Gasteiger partial charge in [0.25, 0.3) is 0 Å². The quantitative estimate of drug-likeness (QED) is 0.848. The normalized spacial score (nSPS) is 21.0. The van der Waals surface area contributed by atoms with Crippen LogP contribution in [0.2, 0.25) is 5.02 Å². The number of urea groups is 1. The molecule has 0 heterocycles. The first-order valence-electron chi connectivity index (χ1n) is 8.48. The van der Waals surface area contributed by atoms with Crippen LogP contribution in [0.3, 0.4) is 0 Å². The van der Waals surface area contributed by atoms with Gasteiger partial charge in [0, 0.05) is 23.0 Å². The Labute approximate surface area is 137 Å². The molecule has 4 heteroatoms. The average molecular weight is 321 g/mol. The maximum atomic E-state index is 12.1. The fraction of sp³-hybridized carbons (Fsp3) is 0.611. The molecule has 2 saturated carbocycles. The number of carbonyl (C=O) groups is 1. The van der Waals surface area contributed by atoms with E-state index in [1.807, 2.05) is 12.1 Å². The summed E-state index contributed by atoms with van der Waals surface area (Å²) in [5, 5.41) is 7.00. The largest absolute Gasteiger partial charge is 0.337 e. The standard InChI is InChI=1S/C18H25ClN2O/c19-15-9-7-14(8-10-15)18(11-4-12-18)13-20-17(22)21-16-5-2-1-3-6-16/h7-10,16H,1-6,11-13H2,(H2,20,21,22). The first kappa shape index (κ1) is 15.7. The fourth-order valence-electron chi connectivity index (χ4n) is 3.71. The topological polar surface area (TPSA) is 41.1 Å². The van der Waals surface area contributed by atoms with Crippen LogP contribution in [0.5, 0.6) is 0 Å². The van der Waals surface area contributed by atoms with Gasteiger partial charge in [-0.2, -0.15) is 0 Å². The van der Waals surface area contributed by atoms with Crippen molar-refractivity contribution in [3.8, 4) is 0 Å². The molecular formula is C18H25ClN2O. The lowest BCUT2D eigenvalue weighted by Gasteiger charge is -2.42. The van der Waals surface area contributed by atoms with E-state index >= 15 is 0 Å². The van der Waals surface area contributed by atoms with Gasteiger partial charge >= 0.3 is 6.03 Å². The molecule has 1 aromatic rings. The monoisotopic (exact) mass is 320 g/mol. The molecule has 22 heavy (non-hydrogen) atoms. The highest BCUT2D eigenvalue weighted by molar-refractivity contribution is 6.30. The van der Waals surface area contributed by atoms with Gasteiger partial charge in [0.05, 0.1) is 0 Å². The number of carbonyl (C=O) groups excluding carboxylic acids is 1. The molecule has 2 N–H and O–H groups in total. The molecule has 2 aliphatic carbocycles. The minimum absolute atomic E-state index is 0.00728. The number of nitrogens with one attached hydrogen (secondary N) is 2. The summed E-state index contributed by atoms with van der Waals surface area (Å²) in [5.41, 5.74) is 1.40. The van der Waals surface area contributed by atoms with Gasteiger partial charge in [-0.05, 0) is 43.4 Å². The predicted molar refractivity (Wildman–Crippen MR) is 90.4 cm³/mol. The Balaban J connectivity index is 1.54. The Morgan fingerprint density at radius 2 is 1.77 bits per heavy atom. The number of hydrogen-bond acceptors (Lipinski definition) is 1. The second kappa shape index (κ2) is 6.91. The molecule has 3 nitrogen and oxygen atoms in total. The Hall–Kier alpha value is -1.22. The number of amides is 2. The molecule has 0 atom stereocenters. The summed E-state index contributed by atoms with van der Waals surface area (Å²) in [6, 6.07) is 8.44. The Morgan fingerprint density at radius 1 is 1.09 bits per heavy atom. The molecule has 2 fully saturated rings. The molecule has 0 saturated heterocycles. The van der Waals surface area contributed by atoms with E-state index in [2.05, 4.69) is 22.8 Å². The Morgan fingerprint density at radius 3 is 2.36 bits per heavy atom. The average Bonchev–Trinajstić information content (AvgIpc) is 2.49. The summed E-state index contributed by atoms with van der Waals surface area (Å²) in [4.78, 5) is 12.1. The maximum Gasteiger partial charge on any atom is 0.315 e.